The maximum Gasteiger partial charge on any atom is 0.123 e. The van der Waals surface area contributed by atoms with Gasteiger partial charge in [-0.05, 0) is 76.3 Å². The molecule has 18 heavy (non-hydrogen) atoms. The van der Waals surface area contributed by atoms with Crippen molar-refractivity contribution in [2.45, 2.75) is 19.9 Å². The summed E-state index contributed by atoms with van der Waals surface area (Å²) in [6.07, 6.45) is 0. The minimum absolute atomic E-state index is 0.0745. The van der Waals surface area contributed by atoms with Crippen LogP contribution in [0.4, 0.5) is 4.39 Å². The van der Waals surface area contributed by atoms with Gasteiger partial charge in [-0.25, -0.2) is 4.39 Å². The van der Waals surface area contributed by atoms with E-state index in [4.69, 9.17) is 0 Å². The van der Waals surface area contributed by atoms with E-state index in [0.29, 0.717) is 0 Å². The molecule has 4 heteroatoms. The molecule has 1 aromatic carbocycles. The van der Waals surface area contributed by atoms with E-state index in [-0.39, 0.29) is 11.9 Å². The fourth-order valence-corrected chi connectivity index (χ4v) is 3.41. The molecule has 0 amide bonds. The van der Waals surface area contributed by atoms with E-state index < -0.39 is 0 Å². The Bertz CT molecular complexity index is 538. The van der Waals surface area contributed by atoms with Crippen LogP contribution in [0.25, 0.3) is 0 Å². The average molecular weight is 375 g/mol. The average Bonchev–Trinajstić information content (AvgIpc) is 2.76. The fourth-order valence-electron chi connectivity index (χ4n) is 2.01. The quantitative estimate of drug-likeness (QED) is 0.776. The number of benzene rings is 1. The number of hydrogen-bond donors (Lipinski definition) is 1. The first kappa shape index (κ1) is 14.0. The van der Waals surface area contributed by atoms with Gasteiger partial charge in [0.1, 0.15) is 5.82 Å². The van der Waals surface area contributed by atoms with Crippen molar-refractivity contribution in [3.05, 3.63) is 55.0 Å². The first-order chi connectivity index (χ1) is 8.61. The molecular formula is C14H15FINS. The number of hydrogen-bond acceptors (Lipinski definition) is 2. The number of nitrogens with one attached hydrogen (secondary N) is 1. The lowest BCUT2D eigenvalue weighted by Gasteiger charge is -2.19. The monoisotopic (exact) mass is 375 g/mol. The molecule has 0 saturated carbocycles. The summed E-state index contributed by atoms with van der Waals surface area (Å²) in [5.41, 5.74) is 3.34. The van der Waals surface area contributed by atoms with Crippen LogP contribution in [0.5, 0.6) is 0 Å². The zero-order valence-electron chi connectivity index (χ0n) is 10.3. The van der Waals surface area contributed by atoms with Crippen molar-refractivity contribution in [1.29, 1.82) is 0 Å². The predicted molar refractivity (Wildman–Crippen MR) is 83.7 cm³/mol. The summed E-state index contributed by atoms with van der Waals surface area (Å²) >= 11 is 4.03. The SMILES string of the molecule is CCNC(c1csc(I)c1)c1cc(F)ccc1C. The van der Waals surface area contributed by atoms with Crippen LogP contribution >= 0.6 is 33.9 Å². The van der Waals surface area contributed by atoms with Gasteiger partial charge in [0.25, 0.3) is 0 Å². The van der Waals surface area contributed by atoms with Crippen LogP contribution in [0.1, 0.15) is 29.7 Å². The van der Waals surface area contributed by atoms with Crippen LogP contribution in [0.2, 0.25) is 0 Å². The van der Waals surface area contributed by atoms with Gasteiger partial charge in [-0.1, -0.05) is 13.0 Å². The maximum atomic E-state index is 13.4. The highest BCUT2D eigenvalue weighted by molar-refractivity contribution is 14.1. The van der Waals surface area contributed by atoms with Crippen LogP contribution in [0, 0.1) is 15.6 Å². The summed E-state index contributed by atoms with van der Waals surface area (Å²) in [7, 11) is 0. The third-order valence-electron chi connectivity index (χ3n) is 2.88. The molecule has 1 nitrogen and oxygen atoms in total. The maximum absolute atomic E-state index is 13.4. The minimum atomic E-state index is -0.177. The van der Waals surface area contributed by atoms with Gasteiger partial charge in [-0.2, -0.15) is 0 Å². The standard InChI is InChI=1S/C14H15FINS/c1-3-17-14(10-6-13(16)18-8-10)12-7-11(15)5-4-9(12)2/h4-8,14,17H,3H2,1-2H3. The molecule has 2 rings (SSSR count). The van der Waals surface area contributed by atoms with Gasteiger partial charge in [-0.3, -0.25) is 0 Å². The highest BCUT2D eigenvalue weighted by Crippen LogP contribution is 2.29. The molecule has 0 aliphatic rings. The zero-order valence-corrected chi connectivity index (χ0v) is 13.3. The Kier molecular flexibility index (Phi) is 4.75. The van der Waals surface area contributed by atoms with Crippen LogP contribution in [0.3, 0.4) is 0 Å². The Labute approximate surface area is 125 Å². The van der Waals surface area contributed by atoms with E-state index in [1.54, 1.807) is 17.4 Å². The third kappa shape index (κ3) is 3.10. The van der Waals surface area contributed by atoms with E-state index in [9.17, 15) is 4.39 Å². The Morgan fingerprint density at radius 2 is 2.17 bits per heavy atom. The Morgan fingerprint density at radius 1 is 1.39 bits per heavy atom. The first-order valence-electron chi connectivity index (χ1n) is 5.85. The Balaban J connectivity index is 2.44. The smallest absolute Gasteiger partial charge is 0.123 e. The van der Waals surface area contributed by atoms with Crippen molar-refractivity contribution in [2.24, 2.45) is 0 Å². The fraction of sp³-hybridized carbons (Fsp3) is 0.286. The van der Waals surface area contributed by atoms with Crippen LogP contribution in [0.15, 0.2) is 29.6 Å². The van der Waals surface area contributed by atoms with Crippen molar-refractivity contribution >= 4 is 33.9 Å². The van der Waals surface area contributed by atoms with E-state index in [1.807, 2.05) is 13.0 Å². The van der Waals surface area contributed by atoms with Gasteiger partial charge in [0.2, 0.25) is 0 Å². The minimum Gasteiger partial charge on any atom is -0.306 e. The van der Waals surface area contributed by atoms with Gasteiger partial charge in [-0.15, -0.1) is 11.3 Å². The molecule has 0 aliphatic heterocycles. The van der Waals surface area contributed by atoms with Crippen molar-refractivity contribution in [2.75, 3.05) is 6.54 Å². The van der Waals surface area contributed by atoms with Crippen molar-refractivity contribution in [1.82, 2.24) is 5.32 Å². The highest BCUT2D eigenvalue weighted by Gasteiger charge is 2.17. The topological polar surface area (TPSA) is 12.0 Å². The van der Waals surface area contributed by atoms with Gasteiger partial charge >= 0.3 is 0 Å². The molecule has 0 fully saturated rings. The molecule has 0 spiro atoms. The lowest BCUT2D eigenvalue weighted by molar-refractivity contribution is 0.601. The second-order valence-electron chi connectivity index (χ2n) is 4.18. The van der Waals surface area contributed by atoms with Crippen molar-refractivity contribution in [3.63, 3.8) is 0 Å². The number of rotatable bonds is 4. The molecule has 0 bridgehead atoms. The lowest BCUT2D eigenvalue weighted by atomic mass is 9.96. The van der Waals surface area contributed by atoms with Crippen LogP contribution in [-0.2, 0) is 0 Å². The molecule has 2 aromatic rings. The van der Waals surface area contributed by atoms with Crippen LogP contribution < -0.4 is 5.32 Å². The molecule has 0 radical (unpaired) electrons. The first-order valence-corrected chi connectivity index (χ1v) is 7.81. The highest BCUT2D eigenvalue weighted by atomic mass is 127. The Hall–Kier alpha value is -0.460. The largest absolute Gasteiger partial charge is 0.306 e. The van der Waals surface area contributed by atoms with Gasteiger partial charge < -0.3 is 5.32 Å². The zero-order chi connectivity index (χ0) is 13.1. The number of halogens is 2. The van der Waals surface area contributed by atoms with Crippen molar-refractivity contribution < 1.29 is 4.39 Å². The summed E-state index contributed by atoms with van der Waals surface area (Å²) in [4.78, 5) is 0. The molecule has 1 heterocycles. The van der Waals surface area contributed by atoms with E-state index >= 15 is 0 Å². The molecule has 1 atom stereocenters. The van der Waals surface area contributed by atoms with Crippen molar-refractivity contribution in [3.8, 4) is 0 Å². The lowest BCUT2D eigenvalue weighted by Crippen LogP contribution is -2.22. The second-order valence-corrected chi connectivity index (χ2v) is 6.98. The molecule has 1 aromatic heterocycles. The predicted octanol–water partition coefficient (Wildman–Crippen LogP) is 4.50. The molecular weight excluding hydrogens is 360 g/mol. The molecule has 0 saturated heterocycles. The van der Waals surface area contributed by atoms with Gasteiger partial charge in [0.05, 0.1) is 8.93 Å². The molecule has 1 unspecified atom stereocenters. The molecule has 96 valence electrons. The summed E-state index contributed by atoms with van der Waals surface area (Å²) in [5, 5.41) is 5.57. The van der Waals surface area contributed by atoms with E-state index in [1.165, 1.54) is 14.5 Å². The number of thiophene rings is 1. The molecule has 0 aliphatic carbocycles. The Morgan fingerprint density at radius 3 is 2.78 bits per heavy atom. The van der Waals surface area contributed by atoms with Gasteiger partial charge in [0, 0.05) is 0 Å². The molecule has 1 N–H and O–H groups in total. The van der Waals surface area contributed by atoms with Crippen LogP contribution in [-0.4, -0.2) is 6.54 Å². The normalized spacial score (nSPS) is 12.7. The summed E-state index contributed by atoms with van der Waals surface area (Å²) in [6.45, 7) is 4.95. The van der Waals surface area contributed by atoms with Gasteiger partial charge in [0.15, 0.2) is 0 Å². The second kappa shape index (κ2) is 6.12. The van der Waals surface area contributed by atoms with E-state index in [0.717, 1.165) is 17.7 Å². The number of aryl methyl sites for hydroxylation is 1. The van der Waals surface area contributed by atoms with E-state index in [2.05, 4.69) is 46.3 Å². The summed E-state index contributed by atoms with van der Waals surface area (Å²) in [5.74, 6) is -0.177. The third-order valence-corrected chi connectivity index (χ3v) is 4.69. The summed E-state index contributed by atoms with van der Waals surface area (Å²) in [6, 6.07) is 7.22. The summed E-state index contributed by atoms with van der Waals surface area (Å²) < 4.78 is 14.7.